The summed E-state index contributed by atoms with van der Waals surface area (Å²) in [4.78, 5) is 52.4. The second kappa shape index (κ2) is 32.5. The molecule has 0 N–H and O–H groups in total. The van der Waals surface area contributed by atoms with Gasteiger partial charge in [-0.1, -0.05) is 132 Å². The second-order valence-corrected chi connectivity index (χ2v) is 19.6. The second-order valence-electron chi connectivity index (χ2n) is 19.6. The molecule has 2 unspecified atom stereocenters. The summed E-state index contributed by atoms with van der Waals surface area (Å²) in [5.74, 6) is 3.56. The zero-order valence-corrected chi connectivity index (χ0v) is 39.3. The number of hydrogen-bond donors (Lipinski definition) is 0. The van der Waals surface area contributed by atoms with Crippen LogP contribution in [0.15, 0.2) is 0 Å². The fourth-order valence-corrected chi connectivity index (χ4v) is 9.11. The molecule has 0 saturated heterocycles. The van der Waals surface area contributed by atoms with Crippen molar-refractivity contribution in [3.8, 4) is 0 Å². The van der Waals surface area contributed by atoms with Crippen molar-refractivity contribution < 1.29 is 38.1 Å². The maximum absolute atomic E-state index is 12.7. The Labute approximate surface area is 361 Å². The molecule has 0 spiro atoms. The highest BCUT2D eigenvalue weighted by atomic mass is 16.6. The Morgan fingerprint density at radius 1 is 0.475 bits per heavy atom. The largest absolute Gasteiger partial charge is 0.462 e. The van der Waals surface area contributed by atoms with Gasteiger partial charge in [0, 0.05) is 13.1 Å². The van der Waals surface area contributed by atoms with E-state index in [9.17, 15) is 19.2 Å². The van der Waals surface area contributed by atoms with Crippen molar-refractivity contribution in [3.05, 3.63) is 0 Å². The maximum atomic E-state index is 12.7. The first-order chi connectivity index (χ1) is 28.4. The van der Waals surface area contributed by atoms with E-state index in [4.69, 9.17) is 18.9 Å². The molecule has 2 aliphatic rings. The fourth-order valence-electron chi connectivity index (χ4n) is 9.11. The Bertz CT molecular complexity index is 1030. The van der Waals surface area contributed by atoms with Crippen LogP contribution in [0.2, 0.25) is 0 Å². The molecule has 2 atom stereocenters. The minimum atomic E-state index is -0.340. The van der Waals surface area contributed by atoms with Crippen molar-refractivity contribution in [3.63, 3.8) is 0 Å². The normalized spacial score (nSPS) is 20.7. The summed E-state index contributed by atoms with van der Waals surface area (Å²) < 4.78 is 21.7. The molecule has 2 rings (SSSR count). The number of unbranched alkanes of at least 4 members (excludes halogenated alkanes) is 1. The van der Waals surface area contributed by atoms with E-state index in [0.717, 1.165) is 106 Å². The first-order valence-corrected chi connectivity index (χ1v) is 24.7. The number of carbonyl (C=O) groups is 4. The van der Waals surface area contributed by atoms with Gasteiger partial charge in [0.25, 0.3) is 0 Å². The molecule has 0 amide bonds. The molecule has 0 aromatic heterocycles. The van der Waals surface area contributed by atoms with Crippen molar-refractivity contribution in [2.24, 2.45) is 47.3 Å². The van der Waals surface area contributed by atoms with E-state index >= 15 is 0 Å². The molecule has 0 aromatic rings. The van der Waals surface area contributed by atoms with E-state index in [1.165, 1.54) is 77.0 Å². The first kappa shape index (κ1) is 53.0. The molecule has 59 heavy (non-hydrogen) atoms. The average Bonchev–Trinajstić information content (AvgIpc) is 3.20. The van der Waals surface area contributed by atoms with E-state index < -0.39 is 0 Å². The lowest BCUT2D eigenvalue weighted by atomic mass is 9.79. The summed E-state index contributed by atoms with van der Waals surface area (Å²) in [5.41, 5.74) is 0. The van der Waals surface area contributed by atoms with Gasteiger partial charge in [-0.3, -0.25) is 19.2 Å². The molecule has 9 heteroatoms. The highest BCUT2D eigenvalue weighted by Crippen LogP contribution is 2.34. The number of esters is 4. The molecule has 0 heterocycles. The van der Waals surface area contributed by atoms with Crippen LogP contribution >= 0.6 is 0 Å². The molecule has 2 aliphatic carbocycles. The summed E-state index contributed by atoms with van der Waals surface area (Å²) in [6.45, 7) is 18.1. The average molecular weight is 834 g/mol. The van der Waals surface area contributed by atoms with Crippen LogP contribution in [0.25, 0.3) is 0 Å². The van der Waals surface area contributed by atoms with Crippen LogP contribution in [-0.4, -0.2) is 74.8 Å². The molecule has 0 radical (unpaired) electrons. The SMILES string of the molecule is CCCCN(CCC(=O)OCCOC(=O)C1CCC(CCCC(C)CCCC(C)C)CC1)CCC(=O)OCCOC(=O)C1CCC(CCCC(C)CCCC(C)C)CC1. The van der Waals surface area contributed by atoms with Gasteiger partial charge < -0.3 is 23.8 Å². The Hall–Kier alpha value is -2.16. The molecular weight excluding hydrogens is 743 g/mol. The van der Waals surface area contributed by atoms with Gasteiger partial charge in [0.1, 0.15) is 26.4 Å². The van der Waals surface area contributed by atoms with Crippen LogP contribution in [0.5, 0.6) is 0 Å². The van der Waals surface area contributed by atoms with E-state index in [0.29, 0.717) is 13.1 Å². The quantitative estimate of drug-likeness (QED) is 0.0363. The highest BCUT2D eigenvalue weighted by molar-refractivity contribution is 5.73. The Kier molecular flexibility index (Phi) is 29.2. The van der Waals surface area contributed by atoms with E-state index in [-0.39, 0.29) is 75.0 Å². The molecule has 2 fully saturated rings. The third-order valence-electron chi connectivity index (χ3n) is 13.2. The van der Waals surface area contributed by atoms with Crippen LogP contribution < -0.4 is 0 Å². The van der Waals surface area contributed by atoms with Crippen molar-refractivity contribution in [1.29, 1.82) is 0 Å². The van der Waals surface area contributed by atoms with Gasteiger partial charge in [0.15, 0.2) is 0 Å². The van der Waals surface area contributed by atoms with Crippen LogP contribution in [0.4, 0.5) is 0 Å². The molecule has 2 saturated carbocycles. The predicted molar refractivity (Wildman–Crippen MR) is 239 cm³/mol. The number of rotatable bonds is 33. The highest BCUT2D eigenvalue weighted by Gasteiger charge is 2.28. The standard InChI is InChI=1S/C50H91NO8/c1-8-9-32-51(33-30-47(52)56-35-37-58-49(54)45-26-22-43(23-27-45)20-12-18-41(6)16-10-14-39(2)3)34-31-48(53)57-36-38-59-50(55)46-28-24-44(25-29-46)21-13-19-42(7)17-11-15-40(4)5/h39-46H,8-38H2,1-7H3. The van der Waals surface area contributed by atoms with Crippen LogP contribution in [-0.2, 0) is 38.1 Å². The topological polar surface area (TPSA) is 108 Å². The summed E-state index contributed by atoms with van der Waals surface area (Å²) >= 11 is 0. The molecule has 0 aliphatic heterocycles. The maximum Gasteiger partial charge on any atom is 0.309 e. The number of hydrogen-bond acceptors (Lipinski definition) is 9. The van der Waals surface area contributed by atoms with Gasteiger partial charge in [0.2, 0.25) is 0 Å². The molecular formula is C50H91NO8. The lowest BCUT2D eigenvalue weighted by Crippen LogP contribution is -2.31. The predicted octanol–water partition coefficient (Wildman–Crippen LogP) is 11.9. The minimum Gasteiger partial charge on any atom is -0.462 e. The van der Waals surface area contributed by atoms with Crippen molar-refractivity contribution in [1.82, 2.24) is 4.90 Å². The Morgan fingerprint density at radius 3 is 1.22 bits per heavy atom. The third kappa shape index (κ3) is 26.7. The number of carbonyl (C=O) groups excluding carboxylic acids is 4. The molecule has 0 aromatic carbocycles. The van der Waals surface area contributed by atoms with Gasteiger partial charge in [-0.05, 0) is 99.8 Å². The zero-order valence-electron chi connectivity index (χ0n) is 39.3. The summed E-state index contributed by atoms with van der Waals surface area (Å²) in [5, 5.41) is 0. The van der Waals surface area contributed by atoms with E-state index in [2.05, 4.69) is 53.4 Å². The third-order valence-corrected chi connectivity index (χ3v) is 13.2. The number of ether oxygens (including phenoxy) is 4. The van der Waals surface area contributed by atoms with Crippen molar-refractivity contribution in [2.45, 2.75) is 203 Å². The lowest BCUT2D eigenvalue weighted by molar-refractivity contribution is -0.156. The van der Waals surface area contributed by atoms with Gasteiger partial charge in [-0.25, -0.2) is 0 Å². The van der Waals surface area contributed by atoms with Gasteiger partial charge in [-0.2, -0.15) is 0 Å². The molecule has 0 bridgehead atoms. The number of nitrogens with zero attached hydrogens (tertiary/aromatic N) is 1. The fraction of sp³-hybridized carbons (Fsp3) is 0.920. The Balaban J connectivity index is 1.50. The summed E-state index contributed by atoms with van der Waals surface area (Å²) in [6, 6.07) is 0. The van der Waals surface area contributed by atoms with Crippen molar-refractivity contribution >= 4 is 23.9 Å². The lowest BCUT2D eigenvalue weighted by Gasteiger charge is -2.27. The molecule has 9 nitrogen and oxygen atoms in total. The van der Waals surface area contributed by atoms with Gasteiger partial charge in [-0.15, -0.1) is 0 Å². The van der Waals surface area contributed by atoms with Crippen molar-refractivity contribution in [2.75, 3.05) is 46.1 Å². The molecule has 344 valence electrons. The summed E-state index contributed by atoms with van der Waals surface area (Å²) in [7, 11) is 0. The smallest absolute Gasteiger partial charge is 0.309 e. The van der Waals surface area contributed by atoms with Gasteiger partial charge >= 0.3 is 23.9 Å². The van der Waals surface area contributed by atoms with E-state index in [1.54, 1.807) is 0 Å². The Morgan fingerprint density at radius 2 is 0.847 bits per heavy atom. The van der Waals surface area contributed by atoms with Crippen LogP contribution in [0, 0.1) is 47.3 Å². The first-order valence-electron chi connectivity index (χ1n) is 24.7. The van der Waals surface area contributed by atoms with Crippen LogP contribution in [0.3, 0.4) is 0 Å². The minimum absolute atomic E-state index is 0.0430. The summed E-state index contributed by atoms with van der Waals surface area (Å²) in [6.07, 6.45) is 26.0. The van der Waals surface area contributed by atoms with Crippen LogP contribution in [0.1, 0.15) is 203 Å². The van der Waals surface area contributed by atoms with Gasteiger partial charge in [0.05, 0.1) is 24.7 Å². The van der Waals surface area contributed by atoms with E-state index in [1.807, 2.05) is 0 Å². The monoisotopic (exact) mass is 834 g/mol. The zero-order chi connectivity index (χ0) is 43.3.